The first kappa shape index (κ1) is 9.31. The van der Waals surface area contributed by atoms with Gasteiger partial charge in [0.25, 0.3) is 0 Å². The number of hydrogen-bond donors (Lipinski definition) is 3. The maximum absolute atomic E-state index is 8.74. The molecule has 0 aromatic heterocycles. The molecule has 0 aliphatic heterocycles. The van der Waals surface area contributed by atoms with Crippen LogP contribution in [0.2, 0.25) is 0 Å². The van der Waals surface area contributed by atoms with E-state index in [0.717, 1.165) is 12.6 Å². The van der Waals surface area contributed by atoms with Crippen LogP contribution in [0, 0.1) is 0 Å². The summed E-state index contributed by atoms with van der Waals surface area (Å²) in [6, 6.07) is 0. The van der Waals surface area contributed by atoms with E-state index in [1.54, 1.807) is 0 Å². The first-order chi connectivity index (χ1) is 4.35. The number of rotatable bonds is 5. The second-order valence-electron chi connectivity index (χ2n) is 1.84. The molecule has 0 aliphatic carbocycles. The van der Waals surface area contributed by atoms with Gasteiger partial charge in [-0.15, -0.1) is 0 Å². The summed E-state index contributed by atoms with van der Waals surface area (Å²) >= 11 is 0. The molecular formula is C5H15N2OP. The summed E-state index contributed by atoms with van der Waals surface area (Å²) in [6.45, 7) is 0. The fourth-order valence-electron chi connectivity index (χ4n) is 0.603. The molecule has 0 radical (unpaired) electrons. The third-order valence-electron chi connectivity index (χ3n) is 0.963. The molecule has 0 fully saturated rings. The molecule has 0 aromatic rings. The zero-order valence-electron chi connectivity index (χ0n) is 6.02. The van der Waals surface area contributed by atoms with E-state index < -0.39 is 0 Å². The molecule has 0 atom stereocenters. The van der Waals surface area contributed by atoms with Gasteiger partial charge in [0, 0.05) is 12.6 Å². The van der Waals surface area contributed by atoms with E-state index in [4.69, 9.17) is 5.11 Å². The lowest BCUT2D eigenvalue weighted by atomic mass is 11.2. The van der Waals surface area contributed by atoms with Crippen LogP contribution in [-0.2, 0) is 0 Å². The van der Waals surface area contributed by atoms with Gasteiger partial charge in [0.05, 0.1) is 6.35 Å². The van der Waals surface area contributed by atoms with Crippen LogP contribution >= 0.6 is 7.92 Å². The van der Waals surface area contributed by atoms with E-state index >= 15 is 0 Å². The highest BCUT2D eigenvalue weighted by atomic mass is 31.1. The molecular weight excluding hydrogens is 135 g/mol. The van der Waals surface area contributed by atoms with Crippen molar-refractivity contribution in [1.82, 2.24) is 10.6 Å². The second kappa shape index (κ2) is 6.43. The van der Waals surface area contributed by atoms with Crippen molar-refractivity contribution < 1.29 is 5.11 Å². The van der Waals surface area contributed by atoms with Crippen molar-refractivity contribution in [3.05, 3.63) is 0 Å². The van der Waals surface area contributed by atoms with Gasteiger partial charge in [0.1, 0.15) is 0 Å². The van der Waals surface area contributed by atoms with Crippen molar-refractivity contribution in [1.29, 1.82) is 0 Å². The van der Waals surface area contributed by atoms with Crippen LogP contribution in [0.15, 0.2) is 0 Å². The van der Waals surface area contributed by atoms with Gasteiger partial charge in [-0.2, -0.15) is 0 Å². The topological polar surface area (TPSA) is 44.3 Å². The Morgan fingerprint density at radius 2 is 1.67 bits per heavy atom. The van der Waals surface area contributed by atoms with E-state index in [1.807, 2.05) is 14.1 Å². The molecule has 0 bridgehead atoms. The van der Waals surface area contributed by atoms with Gasteiger partial charge in [-0.1, -0.05) is 7.92 Å². The van der Waals surface area contributed by atoms with Crippen molar-refractivity contribution >= 4 is 7.92 Å². The van der Waals surface area contributed by atoms with Gasteiger partial charge >= 0.3 is 0 Å². The Hall–Kier alpha value is 0.310. The van der Waals surface area contributed by atoms with Gasteiger partial charge in [-0.25, -0.2) is 0 Å². The second-order valence-corrected chi connectivity index (χ2v) is 4.09. The Kier molecular flexibility index (Phi) is 6.65. The number of nitrogens with one attached hydrogen (secondary N) is 2. The van der Waals surface area contributed by atoms with Crippen LogP contribution < -0.4 is 10.6 Å². The number of aliphatic hydroxyl groups excluding tert-OH is 1. The minimum Gasteiger partial charge on any atom is -0.392 e. The van der Waals surface area contributed by atoms with Crippen LogP contribution in [0.4, 0.5) is 0 Å². The average Bonchev–Trinajstić information content (AvgIpc) is 1.88. The molecule has 3 nitrogen and oxygen atoms in total. The molecule has 0 saturated heterocycles. The molecule has 0 unspecified atom stereocenters. The van der Waals surface area contributed by atoms with Crippen LogP contribution in [0.3, 0.4) is 0 Å². The highest BCUT2D eigenvalue weighted by Crippen LogP contribution is 2.29. The molecule has 0 amide bonds. The maximum Gasteiger partial charge on any atom is 0.0648 e. The van der Waals surface area contributed by atoms with Gasteiger partial charge < -0.3 is 15.7 Å². The molecule has 0 aromatic carbocycles. The molecule has 0 heterocycles. The Morgan fingerprint density at radius 3 is 1.89 bits per heavy atom. The summed E-state index contributed by atoms with van der Waals surface area (Å²) < 4.78 is 0. The van der Waals surface area contributed by atoms with Gasteiger partial charge in [-0.05, 0) is 14.1 Å². The Morgan fingerprint density at radius 1 is 1.22 bits per heavy atom. The fourth-order valence-corrected chi connectivity index (χ4v) is 1.81. The van der Waals surface area contributed by atoms with E-state index in [2.05, 4.69) is 10.6 Å². The summed E-state index contributed by atoms with van der Waals surface area (Å²) in [6.07, 6.45) is 2.19. The number of aliphatic hydroxyl groups is 1. The Bertz CT molecular complexity index is 56.9. The van der Waals surface area contributed by atoms with Crippen molar-refractivity contribution in [2.45, 2.75) is 0 Å². The third kappa shape index (κ3) is 4.79. The molecule has 0 aliphatic rings. The average molecular weight is 150 g/mol. The van der Waals surface area contributed by atoms with E-state index in [0.29, 0.717) is 6.35 Å². The Labute approximate surface area is 57.6 Å². The summed E-state index contributed by atoms with van der Waals surface area (Å²) in [4.78, 5) is 0. The monoisotopic (exact) mass is 150 g/mol. The highest BCUT2D eigenvalue weighted by molar-refractivity contribution is 7.57. The predicted octanol–water partition coefficient (Wildman–Crippen LogP) is -0.228. The molecule has 0 rings (SSSR count). The molecule has 0 saturated carbocycles. The molecule has 0 spiro atoms. The maximum atomic E-state index is 8.74. The van der Waals surface area contributed by atoms with Gasteiger partial charge in [-0.3, -0.25) is 0 Å². The Balaban J connectivity index is 3.18. The summed E-state index contributed by atoms with van der Waals surface area (Å²) in [7, 11) is 3.58. The minimum absolute atomic E-state index is 0.225. The zero-order valence-corrected chi connectivity index (χ0v) is 6.91. The van der Waals surface area contributed by atoms with Crippen LogP contribution in [0.5, 0.6) is 0 Å². The fraction of sp³-hybridized carbons (Fsp3) is 1.00. The minimum atomic E-state index is -0.225. The third-order valence-corrected chi connectivity index (χ3v) is 2.89. The summed E-state index contributed by atoms with van der Waals surface area (Å²) in [5.74, 6) is 0. The lowest BCUT2D eigenvalue weighted by molar-refractivity contribution is 0.369. The van der Waals surface area contributed by atoms with E-state index in [1.165, 1.54) is 0 Å². The van der Waals surface area contributed by atoms with Crippen LogP contribution in [-0.4, -0.2) is 38.1 Å². The standard InChI is InChI=1S/C5H15N2OP/c1-6-3-9(5-8)4-7-2/h6-8H,3-5H2,1-2H3. The first-order valence-electron chi connectivity index (χ1n) is 2.97. The predicted molar refractivity (Wildman–Crippen MR) is 41.9 cm³/mol. The SMILES string of the molecule is CNCP(CO)CNC. The molecule has 9 heavy (non-hydrogen) atoms. The van der Waals surface area contributed by atoms with Gasteiger partial charge in [0.2, 0.25) is 0 Å². The molecule has 56 valence electrons. The number of hydrogen-bond acceptors (Lipinski definition) is 3. The molecule has 3 N–H and O–H groups in total. The van der Waals surface area contributed by atoms with Crippen molar-refractivity contribution in [2.24, 2.45) is 0 Å². The highest BCUT2D eigenvalue weighted by Gasteiger charge is 2.01. The molecule has 4 heteroatoms. The van der Waals surface area contributed by atoms with Crippen molar-refractivity contribution in [2.75, 3.05) is 33.0 Å². The zero-order chi connectivity index (χ0) is 7.11. The summed E-state index contributed by atoms with van der Waals surface area (Å²) in [5.41, 5.74) is 0. The normalized spacial score (nSPS) is 10.7. The quantitative estimate of drug-likeness (QED) is 0.474. The van der Waals surface area contributed by atoms with Crippen LogP contribution in [0.25, 0.3) is 0 Å². The lowest BCUT2D eigenvalue weighted by Crippen LogP contribution is -2.15. The van der Waals surface area contributed by atoms with Crippen molar-refractivity contribution in [3.8, 4) is 0 Å². The lowest BCUT2D eigenvalue weighted by Gasteiger charge is -2.12. The van der Waals surface area contributed by atoms with Crippen molar-refractivity contribution in [3.63, 3.8) is 0 Å². The largest absolute Gasteiger partial charge is 0.392 e. The smallest absolute Gasteiger partial charge is 0.0648 e. The summed E-state index contributed by atoms with van der Waals surface area (Å²) in [5, 5.41) is 14.8. The van der Waals surface area contributed by atoms with Crippen LogP contribution in [0.1, 0.15) is 0 Å². The first-order valence-corrected chi connectivity index (χ1v) is 4.87. The van der Waals surface area contributed by atoms with Gasteiger partial charge in [0.15, 0.2) is 0 Å². The van der Waals surface area contributed by atoms with E-state index in [9.17, 15) is 0 Å². The van der Waals surface area contributed by atoms with E-state index in [-0.39, 0.29) is 7.92 Å².